The highest BCUT2D eigenvalue weighted by molar-refractivity contribution is 5.86. The fourth-order valence-electron chi connectivity index (χ4n) is 2.17. The topological polar surface area (TPSA) is 92.0 Å². The number of nitrogens with one attached hydrogen (secondary N) is 1. The lowest BCUT2D eigenvalue weighted by Gasteiger charge is -2.09. The first-order chi connectivity index (χ1) is 8.25. The Morgan fingerprint density at radius 2 is 2.24 bits per heavy atom. The molecule has 3 rings (SSSR count). The zero-order valence-corrected chi connectivity index (χ0v) is 9.06. The number of aromatic amines is 1. The summed E-state index contributed by atoms with van der Waals surface area (Å²) in [7, 11) is 0. The molecule has 6 heteroatoms. The molecule has 0 saturated carbocycles. The number of hydrogen-bond donors (Lipinski definition) is 2. The van der Waals surface area contributed by atoms with E-state index in [0.29, 0.717) is 11.5 Å². The lowest BCUT2D eigenvalue weighted by Crippen LogP contribution is -2.00. The summed E-state index contributed by atoms with van der Waals surface area (Å²) >= 11 is 0. The van der Waals surface area contributed by atoms with E-state index in [2.05, 4.69) is 15.4 Å². The lowest BCUT2D eigenvalue weighted by atomic mass is 9.95. The van der Waals surface area contributed by atoms with Crippen molar-refractivity contribution in [3.8, 4) is 11.5 Å². The number of aryl methyl sites for hydroxylation is 1. The van der Waals surface area contributed by atoms with Crippen LogP contribution in [0.15, 0.2) is 10.6 Å². The Kier molecular flexibility index (Phi) is 2.21. The molecule has 2 aromatic rings. The molecule has 0 saturated heterocycles. The van der Waals surface area contributed by atoms with Crippen molar-refractivity contribution in [3.05, 3.63) is 23.0 Å². The van der Waals surface area contributed by atoms with E-state index in [-0.39, 0.29) is 5.69 Å². The van der Waals surface area contributed by atoms with Gasteiger partial charge in [-0.3, -0.25) is 5.10 Å². The molecular formula is C11H11N3O3. The van der Waals surface area contributed by atoms with Gasteiger partial charge < -0.3 is 9.63 Å². The number of rotatable bonds is 2. The number of carbonyl (C=O) groups is 1. The molecule has 0 bridgehead atoms. The summed E-state index contributed by atoms with van der Waals surface area (Å²) in [6.45, 7) is 0. The van der Waals surface area contributed by atoms with Gasteiger partial charge in [0.1, 0.15) is 5.69 Å². The first-order valence-corrected chi connectivity index (χ1v) is 5.52. The molecule has 0 aliphatic heterocycles. The SMILES string of the molecule is O=C(O)c1cc(-c2n[nH]c3c2CCCC3)on1. The monoisotopic (exact) mass is 233 g/mol. The minimum absolute atomic E-state index is 0.0902. The summed E-state index contributed by atoms with van der Waals surface area (Å²) in [6, 6.07) is 1.41. The van der Waals surface area contributed by atoms with E-state index in [4.69, 9.17) is 9.63 Å². The highest BCUT2D eigenvalue weighted by Gasteiger charge is 2.21. The normalized spacial score (nSPS) is 14.6. The second kappa shape index (κ2) is 3.73. The molecule has 6 nitrogen and oxygen atoms in total. The summed E-state index contributed by atoms with van der Waals surface area (Å²) in [5, 5.41) is 19.4. The van der Waals surface area contributed by atoms with Gasteiger partial charge in [-0.25, -0.2) is 4.79 Å². The van der Waals surface area contributed by atoms with Crippen molar-refractivity contribution in [2.45, 2.75) is 25.7 Å². The van der Waals surface area contributed by atoms with Crippen LogP contribution in [0.1, 0.15) is 34.6 Å². The summed E-state index contributed by atoms with van der Waals surface area (Å²) < 4.78 is 5.02. The maximum Gasteiger partial charge on any atom is 0.358 e. The van der Waals surface area contributed by atoms with Crippen LogP contribution in [0.25, 0.3) is 11.5 Å². The third-order valence-electron chi connectivity index (χ3n) is 3.02. The van der Waals surface area contributed by atoms with Crippen molar-refractivity contribution in [2.75, 3.05) is 0 Å². The molecular weight excluding hydrogens is 222 g/mol. The Morgan fingerprint density at radius 3 is 3.00 bits per heavy atom. The Hall–Kier alpha value is -2.11. The molecule has 2 N–H and O–H groups in total. The number of hydrogen-bond acceptors (Lipinski definition) is 4. The van der Waals surface area contributed by atoms with Crippen molar-refractivity contribution >= 4 is 5.97 Å². The summed E-state index contributed by atoms with van der Waals surface area (Å²) in [6.07, 6.45) is 4.22. The second-order valence-corrected chi connectivity index (χ2v) is 4.12. The highest BCUT2D eigenvalue weighted by Crippen LogP contribution is 2.29. The average Bonchev–Trinajstić information content (AvgIpc) is 2.95. The molecule has 1 aliphatic carbocycles. The Balaban J connectivity index is 2.03. The van der Waals surface area contributed by atoms with Crippen molar-refractivity contribution in [1.29, 1.82) is 0 Å². The van der Waals surface area contributed by atoms with Gasteiger partial charge in [0.25, 0.3) is 0 Å². The maximum atomic E-state index is 10.7. The van der Waals surface area contributed by atoms with E-state index >= 15 is 0 Å². The fraction of sp³-hybridized carbons (Fsp3) is 0.364. The number of H-pyrrole nitrogens is 1. The van der Waals surface area contributed by atoms with E-state index in [1.165, 1.54) is 6.07 Å². The highest BCUT2D eigenvalue weighted by atomic mass is 16.5. The fourth-order valence-corrected chi connectivity index (χ4v) is 2.17. The summed E-state index contributed by atoms with van der Waals surface area (Å²) in [5.74, 6) is -0.675. The van der Waals surface area contributed by atoms with Gasteiger partial charge in [0.15, 0.2) is 11.5 Å². The van der Waals surface area contributed by atoms with Gasteiger partial charge in [-0.2, -0.15) is 5.10 Å². The van der Waals surface area contributed by atoms with Gasteiger partial charge in [0.05, 0.1) is 0 Å². The summed E-state index contributed by atoms with van der Waals surface area (Å²) in [5.41, 5.74) is 2.86. The lowest BCUT2D eigenvalue weighted by molar-refractivity contribution is 0.0686. The van der Waals surface area contributed by atoms with Crippen molar-refractivity contribution < 1.29 is 14.4 Å². The predicted molar refractivity (Wildman–Crippen MR) is 57.7 cm³/mol. The number of nitrogens with zero attached hydrogens (tertiary/aromatic N) is 2. The van der Waals surface area contributed by atoms with Crippen LogP contribution in [0.5, 0.6) is 0 Å². The predicted octanol–water partition coefficient (Wildman–Crippen LogP) is 1.64. The first-order valence-electron chi connectivity index (χ1n) is 5.52. The van der Waals surface area contributed by atoms with Crippen LogP contribution in [0, 0.1) is 0 Å². The van der Waals surface area contributed by atoms with E-state index in [0.717, 1.165) is 36.9 Å². The number of fused-ring (bicyclic) bond motifs is 1. The molecule has 2 aromatic heterocycles. The number of carboxylic acids is 1. The van der Waals surface area contributed by atoms with Crippen molar-refractivity contribution in [2.24, 2.45) is 0 Å². The van der Waals surface area contributed by atoms with Crippen LogP contribution >= 0.6 is 0 Å². The number of aromatic nitrogens is 3. The molecule has 0 unspecified atom stereocenters. The van der Waals surface area contributed by atoms with Crippen LogP contribution in [0.4, 0.5) is 0 Å². The molecule has 1 aliphatic rings. The third-order valence-corrected chi connectivity index (χ3v) is 3.02. The number of aromatic carboxylic acids is 1. The van der Waals surface area contributed by atoms with E-state index in [1.807, 2.05) is 0 Å². The molecule has 0 atom stereocenters. The smallest absolute Gasteiger partial charge is 0.358 e. The first kappa shape index (κ1) is 10.1. The van der Waals surface area contributed by atoms with Crippen LogP contribution in [0.3, 0.4) is 0 Å². The maximum absolute atomic E-state index is 10.7. The quantitative estimate of drug-likeness (QED) is 0.822. The largest absolute Gasteiger partial charge is 0.476 e. The minimum Gasteiger partial charge on any atom is -0.476 e. The van der Waals surface area contributed by atoms with E-state index in [9.17, 15) is 4.79 Å². The molecule has 2 heterocycles. The van der Waals surface area contributed by atoms with Gasteiger partial charge in [0.2, 0.25) is 0 Å². The van der Waals surface area contributed by atoms with Crippen molar-refractivity contribution in [1.82, 2.24) is 15.4 Å². The molecule has 17 heavy (non-hydrogen) atoms. The van der Waals surface area contributed by atoms with Crippen LogP contribution in [0.2, 0.25) is 0 Å². The van der Waals surface area contributed by atoms with Gasteiger partial charge in [-0.15, -0.1) is 0 Å². The molecule has 0 amide bonds. The van der Waals surface area contributed by atoms with Gasteiger partial charge in [-0.05, 0) is 25.7 Å². The molecule has 0 spiro atoms. The van der Waals surface area contributed by atoms with E-state index in [1.54, 1.807) is 0 Å². The average molecular weight is 233 g/mol. The Labute approximate surface area is 96.6 Å². The van der Waals surface area contributed by atoms with Gasteiger partial charge >= 0.3 is 5.97 Å². The second-order valence-electron chi connectivity index (χ2n) is 4.12. The zero-order chi connectivity index (χ0) is 11.8. The van der Waals surface area contributed by atoms with Crippen LogP contribution in [-0.2, 0) is 12.8 Å². The summed E-state index contributed by atoms with van der Waals surface area (Å²) in [4.78, 5) is 10.7. The third kappa shape index (κ3) is 1.61. The van der Waals surface area contributed by atoms with Gasteiger partial charge in [-0.1, -0.05) is 5.16 Å². The molecule has 0 fully saturated rings. The Morgan fingerprint density at radius 1 is 1.41 bits per heavy atom. The standard InChI is InChI=1S/C11H11N3O3/c15-11(16)8-5-9(17-14-8)10-6-3-1-2-4-7(6)12-13-10/h5H,1-4H2,(H,12,13)(H,15,16). The van der Waals surface area contributed by atoms with Gasteiger partial charge in [0, 0.05) is 17.3 Å². The zero-order valence-electron chi connectivity index (χ0n) is 9.06. The van der Waals surface area contributed by atoms with Crippen molar-refractivity contribution in [3.63, 3.8) is 0 Å². The number of carboxylic acid groups (broad SMARTS) is 1. The van der Waals surface area contributed by atoms with E-state index < -0.39 is 5.97 Å². The Bertz CT molecular complexity index is 570. The molecule has 0 radical (unpaired) electrons. The van der Waals surface area contributed by atoms with Crippen LogP contribution < -0.4 is 0 Å². The molecule has 88 valence electrons. The van der Waals surface area contributed by atoms with Crippen LogP contribution in [-0.4, -0.2) is 26.4 Å². The molecule has 0 aromatic carbocycles. The minimum atomic E-state index is -1.09.